The molecule has 0 aliphatic carbocycles. The Morgan fingerprint density at radius 1 is 1.10 bits per heavy atom. The minimum absolute atomic E-state index is 0.0983. The third-order valence-corrected chi connectivity index (χ3v) is 6.40. The van der Waals surface area contributed by atoms with Gasteiger partial charge in [-0.25, -0.2) is 18.7 Å². The van der Waals surface area contributed by atoms with E-state index in [0.29, 0.717) is 50.6 Å². The third kappa shape index (κ3) is 6.42. The molecule has 0 unspecified atom stereocenters. The van der Waals surface area contributed by atoms with Crippen molar-refractivity contribution in [3.05, 3.63) is 88.1 Å². The highest BCUT2D eigenvalue weighted by molar-refractivity contribution is 6.39. The lowest BCUT2D eigenvalue weighted by Gasteiger charge is -2.17. The van der Waals surface area contributed by atoms with Crippen molar-refractivity contribution in [2.24, 2.45) is 15.9 Å². The van der Waals surface area contributed by atoms with Crippen molar-refractivity contribution in [1.29, 1.82) is 5.26 Å². The molecule has 42 heavy (non-hydrogen) atoms. The first-order valence-corrected chi connectivity index (χ1v) is 12.8. The highest BCUT2D eigenvalue weighted by Gasteiger charge is 2.24. The van der Waals surface area contributed by atoms with Gasteiger partial charge in [-0.15, -0.1) is 0 Å². The Bertz CT molecular complexity index is 1740. The monoisotopic (exact) mass is 569 g/mol. The summed E-state index contributed by atoms with van der Waals surface area (Å²) in [7, 11) is 0. The summed E-state index contributed by atoms with van der Waals surface area (Å²) in [4.78, 5) is 21.7. The lowest BCUT2D eigenvalue weighted by molar-refractivity contribution is 0.0736. The summed E-state index contributed by atoms with van der Waals surface area (Å²) in [6, 6.07) is 15.4. The number of hydrazone groups is 1. The van der Waals surface area contributed by atoms with Crippen molar-refractivity contribution in [3.63, 3.8) is 0 Å². The second-order valence-corrected chi connectivity index (χ2v) is 10.0. The normalized spacial score (nSPS) is 12.2. The van der Waals surface area contributed by atoms with E-state index in [1.807, 2.05) is 0 Å². The van der Waals surface area contributed by atoms with E-state index in [-0.39, 0.29) is 23.9 Å². The van der Waals surface area contributed by atoms with Gasteiger partial charge in [-0.2, -0.15) is 10.4 Å². The lowest BCUT2D eigenvalue weighted by Crippen LogP contribution is -2.18. The number of aliphatic imine (C=N–C) groups is 1. The van der Waals surface area contributed by atoms with Gasteiger partial charge < -0.3 is 16.7 Å². The number of alkyl halides is 2. The SMILES string of the molecule is Cc1cc(-c2c(/C(C=NCc3cccc(C(C)(C)O)n3)=N/N)nc(N)nc2-c2cccc(C#N)c2C)cc(C(F)F)n1. The number of nitrogens with two attached hydrogens (primary N) is 2. The number of aromatic nitrogens is 4. The molecule has 0 radical (unpaired) electrons. The number of nitrogens with zero attached hydrogens (tertiary/aromatic N) is 7. The number of anilines is 1. The van der Waals surface area contributed by atoms with Gasteiger partial charge in [0.1, 0.15) is 22.7 Å². The van der Waals surface area contributed by atoms with Crippen LogP contribution in [0.5, 0.6) is 0 Å². The average molecular weight is 570 g/mol. The number of aliphatic hydroxyl groups is 1. The van der Waals surface area contributed by atoms with Crippen LogP contribution in [0.25, 0.3) is 22.4 Å². The van der Waals surface area contributed by atoms with Crippen molar-refractivity contribution in [2.45, 2.75) is 46.3 Å². The first-order chi connectivity index (χ1) is 19.9. The summed E-state index contributed by atoms with van der Waals surface area (Å²) >= 11 is 0. The van der Waals surface area contributed by atoms with Crippen LogP contribution in [0.1, 0.15) is 59.9 Å². The Balaban J connectivity index is 1.91. The summed E-state index contributed by atoms with van der Waals surface area (Å²) in [5.41, 5.74) is 8.76. The lowest BCUT2D eigenvalue weighted by atomic mass is 9.92. The highest BCUT2D eigenvalue weighted by atomic mass is 19.3. The fraction of sp³-hybridized carbons (Fsp3) is 0.233. The number of nitrogen functional groups attached to an aromatic ring is 1. The van der Waals surface area contributed by atoms with Gasteiger partial charge in [0.05, 0.1) is 41.5 Å². The molecule has 0 bridgehead atoms. The zero-order valence-corrected chi connectivity index (χ0v) is 23.5. The van der Waals surface area contributed by atoms with Gasteiger partial charge in [0.15, 0.2) is 0 Å². The fourth-order valence-electron chi connectivity index (χ4n) is 4.39. The van der Waals surface area contributed by atoms with Gasteiger partial charge in [-0.3, -0.25) is 15.0 Å². The van der Waals surface area contributed by atoms with Crippen molar-refractivity contribution in [3.8, 4) is 28.5 Å². The molecule has 3 heterocycles. The minimum Gasteiger partial charge on any atom is -0.384 e. The molecule has 12 heteroatoms. The first kappa shape index (κ1) is 29.8. The van der Waals surface area contributed by atoms with Crippen LogP contribution in [0, 0.1) is 25.2 Å². The maximum atomic E-state index is 13.8. The second kappa shape index (κ2) is 12.2. The van der Waals surface area contributed by atoms with E-state index < -0.39 is 17.7 Å². The van der Waals surface area contributed by atoms with E-state index in [1.165, 1.54) is 12.3 Å². The number of benzene rings is 1. The third-order valence-electron chi connectivity index (χ3n) is 6.40. The molecule has 214 valence electrons. The Hall–Kier alpha value is -5.15. The number of halogens is 2. The molecule has 1 aromatic carbocycles. The highest BCUT2D eigenvalue weighted by Crippen LogP contribution is 2.37. The van der Waals surface area contributed by atoms with Gasteiger partial charge >= 0.3 is 0 Å². The summed E-state index contributed by atoms with van der Waals surface area (Å²) < 4.78 is 27.6. The predicted molar refractivity (Wildman–Crippen MR) is 157 cm³/mol. The van der Waals surface area contributed by atoms with Crippen molar-refractivity contribution < 1.29 is 13.9 Å². The van der Waals surface area contributed by atoms with Crippen LogP contribution >= 0.6 is 0 Å². The van der Waals surface area contributed by atoms with Gasteiger partial charge in [-0.05, 0) is 69.2 Å². The van der Waals surface area contributed by atoms with E-state index in [1.54, 1.807) is 70.2 Å². The standard InChI is InChI=1S/C30H29F2N9O/c1-16-11-19(12-22(37-16)28(31)32)25-26(21-9-5-7-18(13-33)17(21)2)39-29(34)40-27(25)23(41-35)15-36-14-20-8-6-10-24(38-20)30(3,4)42/h5-12,15,28,42H,14,35H2,1-4H3,(H2,34,39,40)/b36-15?,41-23+. The Morgan fingerprint density at radius 3 is 2.50 bits per heavy atom. The predicted octanol–water partition coefficient (Wildman–Crippen LogP) is 4.77. The molecule has 4 aromatic rings. The van der Waals surface area contributed by atoms with Crippen LogP contribution in [0.3, 0.4) is 0 Å². The van der Waals surface area contributed by atoms with Gasteiger partial charge in [0, 0.05) is 16.8 Å². The minimum atomic E-state index is -2.83. The average Bonchev–Trinajstić information content (AvgIpc) is 2.94. The molecule has 5 N–H and O–H groups in total. The summed E-state index contributed by atoms with van der Waals surface area (Å²) in [6.07, 6.45) is -1.45. The van der Waals surface area contributed by atoms with E-state index in [2.05, 4.69) is 36.1 Å². The number of rotatable bonds is 8. The molecular weight excluding hydrogens is 540 g/mol. The largest absolute Gasteiger partial charge is 0.384 e. The molecule has 3 aromatic heterocycles. The molecule has 0 atom stereocenters. The van der Waals surface area contributed by atoms with Crippen molar-refractivity contribution in [2.75, 3.05) is 5.73 Å². The van der Waals surface area contributed by atoms with Crippen LogP contribution < -0.4 is 11.6 Å². The second-order valence-electron chi connectivity index (χ2n) is 10.0. The van der Waals surface area contributed by atoms with Crippen LogP contribution in [-0.4, -0.2) is 37.0 Å². The van der Waals surface area contributed by atoms with Crippen molar-refractivity contribution in [1.82, 2.24) is 19.9 Å². The van der Waals surface area contributed by atoms with Gasteiger partial charge in [0.25, 0.3) is 6.43 Å². The van der Waals surface area contributed by atoms with E-state index >= 15 is 0 Å². The number of nitriles is 1. The number of hydrogen-bond donors (Lipinski definition) is 3. The zero-order valence-electron chi connectivity index (χ0n) is 23.5. The molecule has 0 saturated heterocycles. The van der Waals surface area contributed by atoms with E-state index in [4.69, 9.17) is 11.6 Å². The molecule has 0 aliphatic rings. The summed E-state index contributed by atoms with van der Waals surface area (Å²) in [6.45, 7) is 6.75. The number of pyridine rings is 2. The Kier molecular flexibility index (Phi) is 8.63. The van der Waals surface area contributed by atoms with E-state index in [9.17, 15) is 19.1 Å². The molecule has 4 rings (SSSR count). The molecule has 0 aliphatic heterocycles. The first-order valence-electron chi connectivity index (χ1n) is 12.8. The molecule has 0 saturated carbocycles. The molecule has 0 amide bonds. The maximum absolute atomic E-state index is 13.8. The molecule has 0 fully saturated rings. The maximum Gasteiger partial charge on any atom is 0.280 e. The summed E-state index contributed by atoms with van der Waals surface area (Å²) in [5.74, 6) is 5.68. The fourth-order valence-corrected chi connectivity index (χ4v) is 4.39. The van der Waals surface area contributed by atoms with Crippen LogP contribution in [-0.2, 0) is 12.1 Å². The molecule has 0 spiro atoms. The molecular formula is C30H29F2N9O. The van der Waals surface area contributed by atoms with E-state index in [0.717, 1.165) is 0 Å². The quantitative estimate of drug-likeness (QED) is 0.155. The molecule has 10 nitrogen and oxygen atoms in total. The van der Waals surface area contributed by atoms with Crippen LogP contribution in [0.4, 0.5) is 14.7 Å². The van der Waals surface area contributed by atoms with Gasteiger partial charge in [0.2, 0.25) is 5.95 Å². The topological polar surface area (TPSA) is 172 Å². The van der Waals surface area contributed by atoms with Crippen molar-refractivity contribution >= 4 is 17.9 Å². The Morgan fingerprint density at radius 2 is 1.83 bits per heavy atom. The Labute approximate surface area is 241 Å². The number of hydrogen-bond acceptors (Lipinski definition) is 10. The van der Waals surface area contributed by atoms with Gasteiger partial charge in [-0.1, -0.05) is 18.2 Å². The smallest absolute Gasteiger partial charge is 0.280 e. The summed E-state index contributed by atoms with van der Waals surface area (Å²) in [5, 5.41) is 23.8. The number of aryl methyl sites for hydroxylation is 1. The van der Waals surface area contributed by atoms with Crippen LogP contribution in [0.15, 0.2) is 58.6 Å². The van der Waals surface area contributed by atoms with Crippen LogP contribution in [0.2, 0.25) is 0 Å². The zero-order chi connectivity index (χ0) is 30.6.